The maximum absolute atomic E-state index is 12.5. The van der Waals surface area contributed by atoms with Crippen LogP contribution >= 0.6 is 11.6 Å². The third kappa shape index (κ3) is 5.24. The molecule has 0 unspecified atom stereocenters. The van der Waals surface area contributed by atoms with Crippen molar-refractivity contribution in [2.45, 2.75) is 26.8 Å². The number of amides is 1. The minimum atomic E-state index is 0.0181. The molecule has 4 nitrogen and oxygen atoms in total. The number of rotatable bonds is 5. The first-order valence-corrected chi connectivity index (χ1v) is 9.89. The Kier molecular flexibility index (Phi) is 6.40. The largest absolute Gasteiger partial charge is 0.369 e. The van der Waals surface area contributed by atoms with Crippen molar-refractivity contribution in [1.29, 1.82) is 0 Å². The Labute approximate surface area is 167 Å². The molecule has 1 aliphatic heterocycles. The predicted octanol–water partition coefficient (Wildman–Crippen LogP) is 3.96. The van der Waals surface area contributed by atoms with E-state index in [4.69, 9.17) is 11.6 Å². The first kappa shape index (κ1) is 19.7. The molecule has 1 fully saturated rings. The first-order chi connectivity index (χ1) is 12.9. The predicted molar refractivity (Wildman–Crippen MR) is 113 cm³/mol. The van der Waals surface area contributed by atoms with Gasteiger partial charge in [0.25, 0.3) is 0 Å². The molecule has 27 heavy (non-hydrogen) atoms. The SMILES string of the molecule is Cc1ccc([C@@H](C)NC(=O)CN2CCN(c3cccc(Cl)c3)CC2)cc1C. The number of benzene rings is 2. The van der Waals surface area contributed by atoms with Gasteiger partial charge in [0.1, 0.15) is 0 Å². The lowest BCUT2D eigenvalue weighted by Crippen LogP contribution is -2.49. The van der Waals surface area contributed by atoms with Gasteiger partial charge in [0.2, 0.25) is 5.91 Å². The molecule has 1 aliphatic rings. The number of carbonyl (C=O) groups is 1. The number of nitrogens with one attached hydrogen (secondary N) is 1. The van der Waals surface area contributed by atoms with Crippen molar-refractivity contribution < 1.29 is 4.79 Å². The molecular weight excluding hydrogens is 358 g/mol. The van der Waals surface area contributed by atoms with E-state index in [9.17, 15) is 4.79 Å². The monoisotopic (exact) mass is 385 g/mol. The van der Waals surface area contributed by atoms with E-state index < -0.39 is 0 Å². The molecule has 1 saturated heterocycles. The lowest BCUT2D eigenvalue weighted by molar-refractivity contribution is -0.123. The van der Waals surface area contributed by atoms with Crippen LogP contribution in [-0.4, -0.2) is 43.5 Å². The van der Waals surface area contributed by atoms with Crippen LogP contribution < -0.4 is 10.2 Å². The van der Waals surface area contributed by atoms with Crippen LogP contribution in [0.25, 0.3) is 0 Å². The van der Waals surface area contributed by atoms with Gasteiger partial charge in [-0.3, -0.25) is 9.69 Å². The highest BCUT2D eigenvalue weighted by molar-refractivity contribution is 6.30. The van der Waals surface area contributed by atoms with Crippen molar-refractivity contribution in [3.05, 3.63) is 64.2 Å². The number of carbonyl (C=O) groups excluding carboxylic acids is 1. The summed E-state index contributed by atoms with van der Waals surface area (Å²) < 4.78 is 0. The Morgan fingerprint density at radius 2 is 1.81 bits per heavy atom. The molecule has 0 aliphatic carbocycles. The van der Waals surface area contributed by atoms with Crippen molar-refractivity contribution in [2.24, 2.45) is 0 Å². The van der Waals surface area contributed by atoms with E-state index >= 15 is 0 Å². The zero-order chi connectivity index (χ0) is 19.4. The molecule has 3 rings (SSSR count). The van der Waals surface area contributed by atoms with E-state index in [1.165, 1.54) is 11.1 Å². The van der Waals surface area contributed by atoms with E-state index in [2.05, 4.69) is 53.2 Å². The van der Waals surface area contributed by atoms with Gasteiger partial charge in [0.05, 0.1) is 12.6 Å². The molecule has 2 aromatic rings. The molecule has 1 atom stereocenters. The second-order valence-electron chi connectivity index (χ2n) is 7.38. The number of aryl methyl sites for hydroxylation is 2. The van der Waals surface area contributed by atoms with Gasteiger partial charge in [-0.25, -0.2) is 0 Å². The zero-order valence-corrected chi connectivity index (χ0v) is 17.1. The molecule has 0 radical (unpaired) electrons. The Balaban J connectivity index is 1.48. The highest BCUT2D eigenvalue weighted by atomic mass is 35.5. The summed E-state index contributed by atoms with van der Waals surface area (Å²) in [6, 6.07) is 14.3. The van der Waals surface area contributed by atoms with Crippen LogP contribution in [-0.2, 0) is 4.79 Å². The number of piperazine rings is 1. The molecule has 1 N–H and O–H groups in total. The summed E-state index contributed by atoms with van der Waals surface area (Å²) in [6.45, 7) is 10.2. The average molecular weight is 386 g/mol. The molecule has 0 spiro atoms. The second kappa shape index (κ2) is 8.77. The van der Waals surface area contributed by atoms with Gasteiger partial charge in [-0.05, 0) is 55.7 Å². The van der Waals surface area contributed by atoms with Crippen LogP contribution in [0.5, 0.6) is 0 Å². The highest BCUT2D eigenvalue weighted by Crippen LogP contribution is 2.21. The van der Waals surface area contributed by atoms with Crippen LogP contribution in [0.3, 0.4) is 0 Å². The van der Waals surface area contributed by atoms with E-state index in [1.54, 1.807) is 0 Å². The maximum Gasteiger partial charge on any atom is 0.234 e. The molecule has 1 heterocycles. The number of anilines is 1. The van der Waals surface area contributed by atoms with E-state index in [0.29, 0.717) is 6.54 Å². The number of halogens is 1. The van der Waals surface area contributed by atoms with Crippen molar-refractivity contribution in [3.63, 3.8) is 0 Å². The maximum atomic E-state index is 12.5. The van der Waals surface area contributed by atoms with Crippen molar-refractivity contribution in [1.82, 2.24) is 10.2 Å². The smallest absolute Gasteiger partial charge is 0.234 e. The van der Waals surface area contributed by atoms with Gasteiger partial charge in [-0.15, -0.1) is 0 Å². The van der Waals surface area contributed by atoms with Crippen molar-refractivity contribution in [3.8, 4) is 0 Å². The number of hydrogen-bond donors (Lipinski definition) is 1. The summed E-state index contributed by atoms with van der Waals surface area (Å²) in [5, 5.41) is 3.89. The Bertz CT molecular complexity index is 800. The molecule has 5 heteroatoms. The number of nitrogens with zero attached hydrogens (tertiary/aromatic N) is 2. The fourth-order valence-corrected chi connectivity index (χ4v) is 3.63. The summed E-state index contributed by atoms with van der Waals surface area (Å²) >= 11 is 6.09. The summed E-state index contributed by atoms with van der Waals surface area (Å²) in [6.07, 6.45) is 0. The van der Waals surface area contributed by atoms with E-state index in [0.717, 1.165) is 42.5 Å². The van der Waals surface area contributed by atoms with E-state index in [-0.39, 0.29) is 11.9 Å². The van der Waals surface area contributed by atoms with Gasteiger partial charge in [0, 0.05) is 36.9 Å². The highest BCUT2D eigenvalue weighted by Gasteiger charge is 2.20. The molecular formula is C22H28ClN3O. The third-order valence-corrected chi connectivity index (χ3v) is 5.56. The summed E-state index contributed by atoms with van der Waals surface area (Å²) in [7, 11) is 0. The molecule has 2 aromatic carbocycles. The molecule has 0 saturated carbocycles. The average Bonchev–Trinajstić information content (AvgIpc) is 2.64. The van der Waals surface area contributed by atoms with Gasteiger partial charge in [0.15, 0.2) is 0 Å². The summed E-state index contributed by atoms with van der Waals surface area (Å²) in [5.41, 5.74) is 4.83. The lowest BCUT2D eigenvalue weighted by Gasteiger charge is -2.36. The summed E-state index contributed by atoms with van der Waals surface area (Å²) in [5.74, 6) is 0.0805. The lowest BCUT2D eigenvalue weighted by atomic mass is 10.0. The summed E-state index contributed by atoms with van der Waals surface area (Å²) in [4.78, 5) is 17.0. The Morgan fingerprint density at radius 1 is 1.07 bits per heavy atom. The minimum Gasteiger partial charge on any atom is -0.369 e. The van der Waals surface area contributed by atoms with Crippen LogP contribution in [0.4, 0.5) is 5.69 Å². The first-order valence-electron chi connectivity index (χ1n) is 9.52. The normalized spacial score (nSPS) is 16.2. The van der Waals surface area contributed by atoms with Crippen molar-refractivity contribution >= 4 is 23.2 Å². The van der Waals surface area contributed by atoms with Crippen LogP contribution in [0.15, 0.2) is 42.5 Å². The molecule has 144 valence electrons. The van der Waals surface area contributed by atoms with Gasteiger partial charge in [-0.2, -0.15) is 0 Å². The van der Waals surface area contributed by atoms with Gasteiger partial charge in [-0.1, -0.05) is 35.9 Å². The Morgan fingerprint density at radius 3 is 2.48 bits per heavy atom. The van der Waals surface area contributed by atoms with Crippen molar-refractivity contribution in [2.75, 3.05) is 37.6 Å². The number of hydrogen-bond acceptors (Lipinski definition) is 3. The van der Waals surface area contributed by atoms with Crippen LogP contribution in [0.2, 0.25) is 5.02 Å². The Hall–Kier alpha value is -2.04. The minimum absolute atomic E-state index is 0.0181. The quantitative estimate of drug-likeness (QED) is 0.846. The van der Waals surface area contributed by atoms with Gasteiger partial charge >= 0.3 is 0 Å². The molecule has 0 bridgehead atoms. The topological polar surface area (TPSA) is 35.6 Å². The molecule has 0 aromatic heterocycles. The zero-order valence-electron chi connectivity index (χ0n) is 16.3. The van der Waals surface area contributed by atoms with Crippen LogP contribution in [0.1, 0.15) is 29.7 Å². The fraction of sp³-hybridized carbons (Fsp3) is 0.409. The van der Waals surface area contributed by atoms with Gasteiger partial charge < -0.3 is 10.2 Å². The van der Waals surface area contributed by atoms with Crippen LogP contribution in [0, 0.1) is 13.8 Å². The molecule has 1 amide bonds. The third-order valence-electron chi connectivity index (χ3n) is 5.32. The van der Waals surface area contributed by atoms with E-state index in [1.807, 2.05) is 25.1 Å². The second-order valence-corrected chi connectivity index (χ2v) is 7.81. The standard InChI is InChI=1S/C22H28ClN3O/c1-16-7-8-19(13-17(16)2)18(3)24-22(27)15-25-9-11-26(12-10-25)21-6-4-5-20(23)14-21/h4-8,13-14,18H,9-12,15H2,1-3H3,(H,24,27)/t18-/m1/s1. The fourth-order valence-electron chi connectivity index (χ4n) is 3.44.